The first-order valence-corrected chi connectivity index (χ1v) is 6.26. The van der Waals surface area contributed by atoms with Gasteiger partial charge in [0.05, 0.1) is 11.5 Å². The number of non-ortho nitro benzene ring substituents is 1. The average molecular weight is 287 g/mol. The normalized spacial score (nSPS) is 10.1. The van der Waals surface area contributed by atoms with Crippen LogP contribution >= 0.6 is 0 Å². The molecule has 1 N–H and O–H groups in total. The number of ketones is 1. The van der Waals surface area contributed by atoms with Crippen LogP contribution in [0, 0.1) is 10.1 Å². The van der Waals surface area contributed by atoms with Crippen LogP contribution in [-0.4, -0.2) is 22.4 Å². The first kappa shape index (κ1) is 14.5. The number of nitro groups is 1. The van der Waals surface area contributed by atoms with E-state index in [4.69, 9.17) is 9.84 Å². The molecule has 0 aliphatic rings. The SMILES string of the molecule is O=C(CCOc1ccc([N+](=O)[O-])cc1)c1ccc(O)cc1. The number of aromatic hydroxyl groups is 1. The Bertz CT molecular complexity index is 634. The first-order valence-electron chi connectivity index (χ1n) is 6.26. The molecule has 2 aromatic rings. The van der Waals surface area contributed by atoms with E-state index in [9.17, 15) is 14.9 Å². The molecule has 6 nitrogen and oxygen atoms in total. The van der Waals surface area contributed by atoms with Crippen molar-refractivity contribution in [2.75, 3.05) is 6.61 Å². The highest BCUT2D eigenvalue weighted by Crippen LogP contribution is 2.18. The average Bonchev–Trinajstić information content (AvgIpc) is 2.48. The Morgan fingerprint density at radius 2 is 1.71 bits per heavy atom. The minimum Gasteiger partial charge on any atom is -0.508 e. The predicted octanol–water partition coefficient (Wildman–Crippen LogP) is 2.95. The van der Waals surface area contributed by atoms with Crippen LogP contribution in [-0.2, 0) is 0 Å². The maximum absolute atomic E-state index is 11.8. The molecule has 0 heterocycles. The molecule has 21 heavy (non-hydrogen) atoms. The van der Waals surface area contributed by atoms with Crippen molar-refractivity contribution >= 4 is 11.5 Å². The topological polar surface area (TPSA) is 89.7 Å². The molecule has 0 atom stereocenters. The number of benzene rings is 2. The third kappa shape index (κ3) is 4.04. The van der Waals surface area contributed by atoms with Crippen molar-refractivity contribution in [1.29, 1.82) is 0 Å². The number of phenolic OH excluding ortho intramolecular Hbond substituents is 1. The Balaban J connectivity index is 1.85. The smallest absolute Gasteiger partial charge is 0.269 e. The van der Waals surface area contributed by atoms with Crippen molar-refractivity contribution in [3.63, 3.8) is 0 Å². The highest BCUT2D eigenvalue weighted by molar-refractivity contribution is 5.96. The fraction of sp³-hybridized carbons (Fsp3) is 0.133. The van der Waals surface area contributed by atoms with Gasteiger partial charge in [-0.25, -0.2) is 0 Å². The zero-order valence-electron chi connectivity index (χ0n) is 11.1. The van der Waals surface area contributed by atoms with Crippen molar-refractivity contribution in [3.05, 3.63) is 64.2 Å². The third-order valence-electron chi connectivity index (χ3n) is 2.83. The van der Waals surface area contributed by atoms with Crippen LogP contribution in [0.4, 0.5) is 5.69 Å². The summed E-state index contributed by atoms with van der Waals surface area (Å²) in [6, 6.07) is 11.7. The van der Waals surface area contributed by atoms with E-state index in [1.807, 2.05) is 0 Å². The van der Waals surface area contributed by atoms with Gasteiger partial charge < -0.3 is 9.84 Å². The van der Waals surface area contributed by atoms with E-state index in [2.05, 4.69) is 0 Å². The summed E-state index contributed by atoms with van der Waals surface area (Å²) in [7, 11) is 0. The molecule has 0 aromatic heterocycles. The molecule has 6 heteroatoms. The predicted molar refractivity (Wildman–Crippen MR) is 75.6 cm³/mol. The maximum Gasteiger partial charge on any atom is 0.269 e. The zero-order chi connectivity index (χ0) is 15.2. The van der Waals surface area contributed by atoms with Crippen LogP contribution in [0.15, 0.2) is 48.5 Å². The maximum atomic E-state index is 11.8. The molecular weight excluding hydrogens is 274 g/mol. The van der Waals surface area contributed by atoms with Crippen molar-refractivity contribution in [3.8, 4) is 11.5 Å². The summed E-state index contributed by atoms with van der Waals surface area (Å²) in [6.45, 7) is 0.178. The molecular formula is C15H13NO5. The van der Waals surface area contributed by atoms with Crippen molar-refractivity contribution in [2.24, 2.45) is 0 Å². The second-order valence-corrected chi connectivity index (χ2v) is 4.32. The van der Waals surface area contributed by atoms with E-state index in [-0.39, 0.29) is 30.2 Å². The van der Waals surface area contributed by atoms with E-state index in [1.54, 1.807) is 12.1 Å². The van der Waals surface area contributed by atoms with Gasteiger partial charge in [0.2, 0.25) is 0 Å². The van der Waals surface area contributed by atoms with Crippen LogP contribution in [0.2, 0.25) is 0 Å². The Morgan fingerprint density at radius 3 is 2.29 bits per heavy atom. The summed E-state index contributed by atoms with van der Waals surface area (Å²) in [6.07, 6.45) is 0.182. The molecule has 0 radical (unpaired) electrons. The van der Waals surface area contributed by atoms with Crippen molar-refractivity contribution in [1.82, 2.24) is 0 Å². The molecule has 0 aliphatic heterocycles. The highest BCUT2D eigenvalue weighted by Gasteiger charge is 2.07. The lowest BCUT2D eigenvalue weighted by molar-refractivity contribution is -0.384. The monoisotopic (exact) mass is 287 g/mol. The second kappa shape index (κ2) is 6.51. The molecule has 0 spiro atoms. The summed E-state index contributed by atoms with van der Waals surface area (Å²) < 4.78 is 5.36. The lowest BCUT2D eigenvalue weighted by Crippen LogP contribution is -2.06. The molecule has 108 valence electrons. The largest absolute Gasteiger partial charge is 0.508 e. The molecule has 0 amide bonds. The van der Waals surface area contributed by atoms with Gasteiger partial charge in [-0.2, -0.15) is 0 Å². The number of carbonyl (C=O) groups is 1. The third-order valence-corrected chi connectivity index (χ3v) is 2.83. The zero-order valence-corrected chi connectivity index (χ0v) is 11.1. The number of ether oxygens (including phenoxy) is 1. The molecule has 2 aromatic carbocycles. The fourth-order valence-corrected chi connectivity index (χ4v) is 1.72. The van der Waals surface area contributed by atoms with Gasteiger partial charge >= 0.3 is 0 Å². The number of rotatable bonds is 6. The molecule has 0 saturated heterocycles. The Morgan fingerprint density at radius 1 is 1.10 bits per heavy atom. The highest BCUT2D eigenvalue weighted by atomic mass is 16.6. The second-order valence-electron chi connectivity index (χ2n) is 4.32. The standard InChI is InChI=1S/C15H13NO5/c17-13-5-1-11(2-6-13)15(18)9-10-21-14-7-3-12(4-8-14)16(19)20/h1-8,17H,9-10H2. The van der Waals surface area contributed by atoms with Crippen LogP contribution in [0.1, 0.15) is 16.8 Å². The van der Waals surface area contributed by atoms with Gasteiger partial charge in [0.1, 0.15) is 11.5 Å². The Hall–Kier alpha value is -2.89. The van der Waals surface area contributed by atoms with Gasteiger partial charge in [0.25, 0.3) is 5.69 Å². The van der Waals surface area contributed by atoms with Gasteiger partial charge in [-0.1, -0.05) is 0 Å². The first-order chi connectivity index (χ1) is 10.1. The summed E-state index contributed by atoms with van der Waals surface area (Å²) in [5, 5.41) is 19.6. The minimum atomic E-state index is -0.488. The lowest BCUT2D eigenvalue weighted by atomic mass is 10.1. The van der Waals surface area contributed by atoms with Crippen LogP contribution in [0.25, 0.3) is 0 Å². The summed E-state index contributed by atoms with van der Waals surface area (Å²) in [5.74, 6) is 0.477. The van der Waals surface area contributed by atoms with Gasteiger partial charge in [-0.15, -0.1) is 0 Å². The summed E-state index contributed by atoms with van der Waals surface area (Å²) >= 11 is 0. The minimum absolute atomic E-state index is 0.0116. The number of nitro benzene ring substituents is 1. The number of nitrogens with zero attached hydrogens (tertiary/aromatic N) is 1. The molecule has 0 bridgehead atoms. The molecule has 0 fully saturated rings. The number of hydrogen-bond donors (Lipinski definition) is 1. The molecule has 0 saturated carbocycles. The van der Waals surface area contributed by atoms with E-state index >= 15 is 0 Å². The molecule has 2 rings (SSSR count). The van der Waals surface area contributed by atoms with Crippen LogP contribution < -0.4 is 4.74 Å². The lowest BCUT2D eigenvalue weighted by Gasteiger charge is -2.05. The number of Topliss-reactive ketones (excluding diaryl/α,β-unsaturated/α-hetero) is 1. The van der Waals surface area contributed by atoms with E-state index < -0.39 is 4.92 Å². The van der Waals surface area contributed by atoms with Crippen LogP contribution in [0.3, 0.4) is 0 Å². The van der Waals surface area contributed by atoms with E-state index in [0.717, 1.165) is 0 Å². The summed E-state index contributed by atoms with van der Waals surface area (Å²) in [4.78, 5) is 21.8. The van der Waals surface area contributed by atoms with Gasteiger partial charge in [0.15, 0.2) is 5.78 Å². The van der Waals surface area contributed by atoms with Gasteiger partial charge in [0, 0.05) is 24.1 Å². The van der Waals surface area contributed by atoms with Gasteiger partial charge in [-0.3, -0.25) is 14.9 Å². The van der Waals surface area contributed by atoms with Gasteiger partial charge in [-0.05, 0) is 36.4 Å². The number of carbonyl (C=O) groups excluding carboxylic acids is 1. The van der Waals surface area contributed by atoms with E-state index in [1.165, 1.54) is 36.4 Å². The number of hydrogen-bond acceptors (Lipinski definition) is 5. The van der Waals surface area contributed by atoms with Crippen molar-refractivity contribution in [2.45, 2.75) is 6.42 Å². The van der Waals surface area contributed by atoms with Crippen molar-refractivity contribution < 1.29 is 19.6 Å². The molecule has 0 aliphatic carbocycles. The van der Waals surface area contributed by atoms with E-state index in [0.29, 0.717) is 11.3 Å². The number of phenols is 1. The Kier molecular flexibility index (Phi) is 4.50. The summed E-state index contributed by atoms with van der Waals surface area (Å²) in [5.41, 5.74) is 0.489. The quantitative estimate of drug-likeness (QED) is 0.501. The Labute approximate surface area is 120 Å². The molecule has 0 unspecified atom stereocenters. The fourth-order valence-electron chi connectivity index (χ4n) is 1.72. The van der Waals surface area contributed by atoms with Crippen LogP contribution in [0.5, 0.6) is 11.5 Å².